The summed E-state index contributed by atoms with van der Waals surface area (Å²) in [6, 6.07) is 3.88. The third-order valence-electron chi connectivity index (χ3n) is 4.69. The molecule has 1 aromatic heterocycles. The van der Waals surface area contributed by atoms with E-state index in [1.54, 1.807) is 6.20 Å². The second-order valence-corrected chi connectivity index (χ2v) is 6.42. The highest BCUT2D eigenvalue weighted by Gasteiger charge is 2.27. The zero-order valence-corrected chi connectivity index (χ0v) is 14.6. The molecule has 0 saturated carbocycles. The number of rotatable bonds is 5. The molecule has 8 nitrogen and oxygen atoms in total. The summed E-state index contributed by atoms with van der Waals surface area (Å²) in [5.74, 6) is 1.63. The van der Waals surface area contributed by atoms with Crippen molar-refractivity contribution in [1.82, 2.24) is 14.8 Å². The van der Waals surface area contributed by atoms with Gasteiger partial charge in [-0.3, -0.25) is 4.90 Å². The number of morpholine rings is 1. The van der Waals surface area contributed by atoms with Crippen molar-refractivity contribution in [1.29, 1.82) is 0 Å². The zero-order valence-electron chi connectivity index (χ0n) is 14.6. The van der Waals surface area contributed by atoms with Crippen molar-refractivity contribution < 1.29 is 19.4 Å². The van der Waals surface area contributed by atoms with Gasteiger partial charge in [0.1, 0.15) is 18.2 Å². The molecule has 2 aliphatic heterocycles. The number of piperazine rings is 1. The van der Waals surface area contributed by atoms with Crippen LogP contribution in [0, 0.1) is 0 Å². The molecule has 1 unspecified atom stereocenters. The van der Waals surface area contributed by atoms with Crippen molar-refractivity contribution in [2.45, 2.75) is 13.0 Å². The molecular weight excluding hydrogens is 324 g/mol. The predicted molar refractivity (Wildman–Crippen MR) is 93.4 cm³/mol. The van der Waals surface area contributed by atoms with E-state index in [2.05, 4.69) is 14.8 Å². The Morgan fingerprint density at radius 3 is 2.88 bits per heavy atom. The van der Waals surface area contributed by atoms with Crippen molar-refractivity contribution in [3.63, 3.8) is 0 Å². The third kappa shape index (κ3) is 4.73. The maximum absolute atomic E-state index is 11.1. The lowest BCUT2D eigenvalue weighted by atomic mass is 10.2. The highest BCUT2D eigenvalue weighted by molar-refractivity contribution is 5.65. The van der Waals surface area contributed by atoms with Crippen molar-refractivity contribution in [2.75, 3.05) is 64.0 Å². The van der Waals surface area contributed by atoms with E-state index in [0.717, 1.165) is 44.4 Å². The number of nitrogens with zero attached hydrogens (tertiary/aromatic N) is 4. The second-order valence-electron chi connectivity index (χ2n) is 6.42. The molecule has 1 amide bonds. The average molecular weight is 350 g/mol. The standard InChI is InChI=1S/C17H26N4O4/c1-14-13-20(17(22)23)4-5-21(14)16-12-15(2-3-18-16)25-11-8-19-6-9-24-10-7-19/h2-3,12,14H,4-11,13H2,1H3,(H,22,23). The van der Waals surface area contributed by atoms with Crippen LogP contribution in [0.4, 0.5) is 10.6 Å². The Labute approximate surface area is 147 Å². The van der Waals surface area contributed by atoms with Gasteiger partial charge in [-0.25, -0.2) is 9.78 Å². The smallest absolute Gasteiger partial charge is 0.407 e. The summed E-state index contributed by atoms with van der Waals surface area (Å²) >= 11 is 0. The molecule has 0 bridgehead atoms. The van der Waals surface area contributed by atoms with E-state index in [1.807, 2.05) is 19.1 Å². The fraction of sp³-hybridized carbons (Fsp3) is 0.647. The van der Waals surface area contributed by atoms with Crippen LogP contribution in [0.3, 0.4) is 0 Å². The van der Waals surface area contributed by atoms with E-state index in [-0.39, 0.29) is 6.04 Å². The van der Waals surface area contributed by atoms with Gasteiger partial charge >= 0.3 is 6.09 Å². The van der Waals surface area contributed by atoms with Gasteiger partial charge in [-0.2, -0.15) is 0 Å². The Hall–Kier alpha value is -2.06. The van der Waals surface area contributed by atoms with Crippen molar-refractivity contribution in [2.24, 2.45) is 0 Å². The molecular formula is C17H26N4O4. The maximum Gasteiger partial charge on any atom is 0.407 e. The number of hydrogen-bond donors (Lipinski definition) is 1. The Balaban J connectivity index is 1.53. The minimum Gasteiger partial charge on any atom is -0.492 e. The number of aromatic nitrogens is 1. The molecule has 138 valence electrons. The van der Waals surface area contributed by atoms with Gasteiger partial charge < -0.3 is 24.4 Å². The van der Waals surface area contributed by atoms with Gasteiger partial charge in [0, 0.05) is 57.6 Å². The summed E-state index contributed by atoms with van der Waals surface area (Å²) in [4.78, 5) is 21.5. The molecule has 25 heavy (non-hydrogen) atoms. The molecule has 1 N–H and O–H groups in total. The summed E-state index contributed by atoms with van der Waals surface area (Å²) < 4.78 is 11.2. The first-order valence-electron chi connectivity index (χ1n) is 8.77. The molecule has 0 aliphatic carbocycles. The van der Waals surface area contributed by atoms with Crippen LogP contribution in [0.1, 0.15) is 6.92 Å². The molecule has 2 saturated heterocycles. The van der Waals surface area contributed by atoms with E-state index < -0.39 is 6.09 Å². The van der Waals surface area contributed by atoms with Gasteiger partial charge in [0.05, 0.1) is 13.2 Å². The van der Waals surface area contributed by atoms with E-state index >= 15 is 0 Å². The fourth-order valence-corrected chi connectivity index (χ4v) is 3.24. The van der Waals surface area contributed by atoms with Crippen LogP contribution in [0.15, 0.2) is 18.3 Å². The Morgan fingerprint density at radius 1 is 1.36 bits per heavy atom. The Bertz CT molecular complexity index is 580. The van der Waals surface area contributed by atoms with E-state index in [1.165, 1.54) is 4.90 Å². The predicted octanol–water partition coefficient (Wildman–Crippen LogP) is 0.981. The molecule has 3 rings (SSSR count). The quantitative estimate of drug-likeness (QED) is 0.848. The van der Waals surface area contributed by atoms with Gasteiger partial charge in [-0.15, -0.1) is 0 Å². The highest BCUT2D eigenvalue weighted by Crippen LogP contribution is 2.22. The number of carboxylic acid groups (broad SMARTS) is 1. The van der Waals surface area contributed by atoms with Gasteiger partial charge in [0.25, 0.3) is 0 Å². The number of carbonyl (C=O) groups is 1. The number of ether oxygens (including phenoxy) is 2. The van der Waals surface area contributed by atoms with Crippen LogP contribution in [-0.4, -0.2) is 91.1 Å². The topological polar surface area (TPSA) is 78.4 Å². The Kier molecular flexibility index (Phi) is 5.93. The van der Waals surface area contributed by atoms with Crippen LogP contribution in [0.2, 0.25) is 0 Å². The third-order valence-corrected chi connectivity index (χ3v) is 4.69. The number of anilines is 1. The van der Waals surface area contributed by atoms with Crippen LogP contribution >= 0.6 is 0 Å². The van der Waals surface area contributed by atoms with Crippen molar-refractivity contribution >= 4 is 11.9 Å². The SMILES string of the molecule is CC1CN(C(=O)O)CCN1c1cc(OCCN2CCOCC2)ccn1. The highest BCUT2D eigenvalue weighted by atomic mass is 16.5. The molecule has 1 aromatic rings. The molecule has 0 aromatic carbocycles. The summed E-state index contributed by atoms with van der Waals surface area (Å²) in [6.45, 7) is 8.63. The first-order valence-corrected chi connectivity index (χ1v) is 8.77. The lowest BCUT2D eigenvalue weighted by Crippen LogP contribution is -2.53. The van der Waals surface area contributed by atoms with Gasteiger partial charge in [0.15, 0.2) is 0 Å². The van der Waals surface area contributed by atoms with Crippen molar-refractivity contribution in [3.05, 3.63) is 18.3 Å². The monoisotopic (exact) mass is 350 g/mol. The molecule has 1 atom stereocenters. The first-order chi connectivity index (χ1) is 12.1. The summed E-state index contributed by atoms with van der Waals surface area (Å²) in [7, 11) is 0. The molecule has 2 fully saturated rings. The second kappa shape index (κ2) is 8.35. The number of amides is 1. The van der Waals surface area contributed by atoms with Crippen molar-refractivity contribution in [3.8, 4) is 5.75 Å². The maximum atomic E-state index is 11.1. The molecule has 0 spiro atoms. The molecule has 0 radical (unpaired) electrons. The van der Waals surface area contributed by atoms with Gasteiger partial charge in [-0.05, 0) is 13.0 Å². The van der Waals surface area contributed by atoms with E-state index in [4.69, 9.17) is 14.6 Å². The minimum atomic E-state index is -0.861. The first kappa shape index (κ1) is 17.8. The summed E-state index contributed by atoms with van der Waals surface area (Å²) in [5.41, 5.74) is 0. The summed E-state index contributed by atoms with van der Waals surface area (Å²) in [6.07, 6.45) is 0.884. The van der Waals surface area contributed by atoms with Crippen LogP contribution < -0.4 is 9.64 Å². The number of hydrogen-bond acceptors (Lipinski definition) is 6. The van der Waals surface area contributed by atoms with E-state index in [0.29, 0.717) is 26.2 Å². The minimum absolute atomic E-state index is 0.0842. The lowest BCUT2D eigenvalue weighted by molar-refractivity contribution is 0.0322. The normalized spacial score (nSPS) is 22.0. The lowest BCUT2D eigenvalue weighted by Gasteiger charge is -2.39. The molecule has 2 aliphatic rings. The molecule has 8 heteroatoms. The largest absolute Gasteiger partial charge is 0.492 e. The van der Waals surface area contributed by atoms with Crippen LogP contribution in [-0.2, 0) is 4.74 Å². The van der Waals surface area contributed by atoms with E-state index in [9.17, 15) is 4.79 Å². The van der Waals surface area contributed by atoms with Gasteiger partial charge in [-0.1, -0.05) is 0 Å². The Morgan fingerprint density at radius 2 is 2.16 bits per heavy atom. The van der Waals surface area contributed by atoms with Gasteiger partial charge in [0.2, 0.25) is 0 Å². The number of pyridine rings is 1. The zero-order chi connectivity index (χ0) is 17.6. The van der Waals surface area contributed by atoms with Crippen LogP contribution in [0.25, 0.3) is 0 Å². The fourth-order valence-electron chi connectivity index (χ4n) is 3.24. The summed E-state index contributed by atoms with van der Waals surface area (Å²) in [5, 5.41) is 9.12. The molecule has 3 heterocycles. The average Bonchev–Trinajstić information content (AvgIpc) is 2.63. The van der Waals surface area contributed by atoms with Crippen LogP contribution in [0.5, 0.6) is 5.75 Å².